The van der Waals surface area contributed by atoms with Gasteiger partial charge < -0.3 is 24.4 Å². The van der Waals surface area contributed by atoms with E-state index in [1.807, 2.05) is 25.1 Å². The van der Waals surface area contributed by atoms with Crippen LogP contribution in [0.2, 0.25) is 5.02 Å². The minimum atomic E-state index is -2.90. The fourth-order valence-corrected chi connectivity index (χ4v) is 10.9. The number of fused-ring (bicyclic) bond motifs is 4. The lowest BCUT2D eigenvalue weighted by molar-refractivity contribution is -0.232. The lowest BCUT2D eigenvalue weighted by atomic mass is 9.64. The fraction of sp³-hybridized carbons (Fsp3) is 0.641. The second kappa shape index (κ2) is 14.4. The van der Waals surface area contributed by atoms with Crippen LogP contribution in [0.3, 0.4) is 0 Å². The van der Waals surface area contributed by atoms with Gasteiger partial charge in [-0.3, -0.25) is 9.52 Å². The molecule has 2 aromatic rings. The molecule has 1 saturated heterocycles. The summed E-state index contributed by atoms with van der Waals surface area (Å²) in [7, 11) is -2.90. The van der Waals surface area contributed by atoms with Gasteiger partial charge in [0.2, 0.25) is 0 Å². The van der Waals surface area contributed by atoms with Crippen molar-refractivity contribution in [2.75, 3.05) is 44.4 Å². The van der Waals surface area contributed by atoms with Gasteiger partial charge in [-0.1, -0.05) is 37.9 Å². The summed E-state index contributed by atoms with van der Waals surface area (Å²) in [5, 5.41) is 3.97. The summed E-state index contributed by atoms with van der Waals surface area (Å²) in [5.74, 6) is 5.82. The van der Waals surface area contributed by atoms with Gasteiger partial charge in [-0.15, -0.1) is 0 Å². The van der Waals surface area contributed by atoms with Crippen LogP contribution in [-0.2, 0) is 31.0 Å². The first-order valence-electron chi connectivity index (χ1n) is 18.5. The maximum atomic E-state index is 13.9. The summed E-state index contributed by atoms with van der Waals surface area (Å²) in [6, 6.07) is 12.2. The van der Waals surface area contributed by atoms with E-state index in [4.69, 9.17) is 25.8 Å². The van der Waals surface area contributed by atoms with Crippen molar-refractivity contribution >= 4 is 38.8 Å². The molecule has 268 valence electrons. The van der Waals surface area contributed by atoms with Crippen LogP contribution in [-0.4, -0.2) is 73.0 Å². The third kappa shape index (κ3) is 7.12. The summed E-state index contributed by atoms with van der Waals surface area (Å²) < 4.78 is 36.4. The number of hydrogen-bond acceptors (Lipinski definition) is 7. The quantitative estimate of drug-likeness (QED) is 0.358. The first-order chi connectivity index (χ1) is 23.6. The molecule has 0 radical (unpaired) electrons. The Bertz CT molecular complexity index is 1630. The Hall–Kier alpha value is -2.30. The van der Waals surface area contributed by atoms with Crippen molar-refractivity contribution in [3.05, 3.63) is 58.1 Å². The van der Waals surface area contributed by atoms with Gasteiger partial charge in [0.1, 0.15) is 5.75 Å². The highest BCUT2D eigenvalue weighted by atomic mass is 35.5. The molecule has 3 aliphatic heterocycles. The average molecular weight is 712 g/mol. The van der Waals surface area contributed by atoms with E-state index in [1.165, 1.54) is 11.1 Å². The number of benzene rings is 2. The van der Waals surface area contributed by atoms with Crippen LogP contribution in [0.15, 0.2) is 36.4 Å². The number of likely N-dealkylation sites (N-methyl/N-ethyl adjacent to an activating group) is 1. The van der Waals surface area contributed by atoms with Crippen molar-refractivity contribution in [2.45, 2.75) is 95.1 Å². The van der Waals surface area contributed by atoms with Crippen molar-refractivity contribution < 1.29 is 23.2 Å². The van der Waals surface area contributed by atoms with Crippen molar-refractivity contribution in [2.24, 2.45) is 23.7 Å². The highest BCUT2D eigenvalue weighted by molar-refractivity contribution is 7.99. The second-order valence-corrected chi connectivity index (χ2v) is 18.3. The predicted molar refractivity (Wildman–Crippen MR) is 198 cm³/mol. The summed E-state index contributed by atoms with van der Waals surface area (Å²) >= 11 is 6.49. The Kier molecular flexibility index (Phi) is 10.3. The fourth-order valence-electron chi connectivity index (χ4n) is 9.24. The Morgan fingerprint density at radius 3 is 2.63 bits per heavy atom. The largest absolute Gasteiger partial charge is 0.490 e. The van der Waals surface area contributed by atoms with E-state index in [-0.39, 0.29) is 40.7 Å². The van der Waals surface area contributed by atoms with Crippen LogP contribution in [0, 0.1) is 23.7 Å². The molecule has 10 heteroatoms. The van der Waals surface area contributed by atoms with Gasteiger partial charge in [0.05, 0.1) is 41.3 Å². The van der Waals surface area contributed by atoms with Gasteiger partial charge in [-0.25, -0.2) is 4.21 Å². The van der Waals surface area contributed by atoms with Gasteiger partial charge in [0, 0.05) is 40.3 Å². The molecule has 2 fully saturated rings. The first kappa shape index (κ1) is 35.1. The minimum Gasteiger partial charge on any atom is -0.490 e. The van der Waals surface area contributed by atoms with Gasteiger partial charge in [-0.05, 0) is 123 Å². The zero-order valence-electron chi connectivity index (χ0n) is 29.4. The summed E-state index contributed by atoms with van der Waals surface area (Å²) in [5.41, 5.74) is 3.83. The number of rotatable bonds is 3. The molecule has 7 rings (SSSR count). The highest BCUT2D eigenvalue weighted by Crippen LogP contribution is 2.49. The van der Waals surface area contributed by atoms with E-state index >= 15 is 0 Å². The van der Waals surface area contributed by atoms with Crippen molar-refractivity contribution in [3.8, 4) is 5.75 Å². The highest BCUT2D eigenvalue weighted by Gasteiger charge is 2.46. The lowest BCUT2D eigenvalue weighted by Crippen LogP contribution is -2.52. The number of carbonyl (C=O) groups is 1. The Balaban J connectivity index is 1.26. The van der Waals surface area contributed by atoms with Crippen molar-refractivity contribution in [1.82, 2.24) is 10.0 Å². The van der Waals surface area contributed by atoms with Crippen LogP contribution in [0.5, 0.6) is 5.75 Å². The van der Waals surface area contributed by atoms with E-state index < -0.39 is 9.71 Å². The number of carbonyl (C=O) groups excluding carboxylic acids is 1. The number of nitrogens with zero attached hydrogens (tertiary/aromatic N) is 1. The molecule has 49 heavy (non-hydrogen) atoms. The number of hydrogen-bond donors (Lipinski definition) is 2. The Labute approximate surface area is 298 Å². The molecule has 2 bridgehead atoms. The first-order valence-corrected chi connectivity index (χ1v) is 20.7. The monoisotopic (exact) mass is 711 g/mol. The van der Waals surface area contributed by atoms with Crippen molar-refractivity contribution in [3.63, 3.8) is 0 Å². The van der Waals surface area contributed by atoms with E-state index in [2.05, 4.69) is 46.8 Å². The lowest BCUT2D eigenvalue weighted by Gasteiger charge is -2.49. The number of halogens is 1. The number of nitrogens with one attached hydrogen (secondary N) is 2. The summed E-state index contributed by atoms with van der Waals surface area (Å²) in [4.78, 5) is 16.2. The molecule has 8 nitrogen and oxygen atoms in total. The van der Waals surface area contributed by atoms with Crippen LogP contribution in [0.1, 0.15) is 87.2 Å². The second-order valence-electron chi connectivity index (χ2n) is 15.5. The van der Waals surface area contributed by atoms with Crippen LogP contribution in [0.4, 0.5) is 5.69 Å². The minimum absolute atomic E-state index is 0.128. The van der Waals surface area contributed by atoms with E-state index in [0.29, 0.717) is 37.2 Å². The molecule has 2 aliphatic carbocycles. The molecule has 1 saturated carbocycles. The average Bonchev–Trinajstić information content (AvgIpc) is 3.22. The standard InChI is InChI=1S/C39H54ClN3O5S/c1-5-41-31-21-46-38(47-22-31)33-10-6-8-25(2)26(3)49(4,45)42-37(44)28-12-16-36-35(19-28)43(20-29-11-14-32(29)33)23-39(24-48-36)17-7-9-27-18-30(40)13-15-34(27)39/h12-13,15-16,18-19,25-26,29,31-33,38,41H,4-11,14,17,20-24H2,1-3H3,(H,42,44,45)/t25-,26+,29-,31?,32+,33-,38?,39-,49?/m0/s1. The Morgan fingerprint density at radius 2 is 1.88 bits per heavy atom. The van der Waals surface area contributed by atoms with Crippen LogP contribution < -0.4 is 19.7 Å². The SMILES string of the molecule is C=S1(=O)NC(=O)c2ccc3c(c2)N(C[C@@H]2CC[C@H]2[C@@H](C2OCC(NCC)CO2)CCC[C@H](C)[C@H]1C)C[C@@]1(CCCc2cc(Cl)ccc21)CO3. The normalized spacial score (nSPS) is 36.8. The van der Waals surface area contributed by atoms with E-state index in [1.54, 1.807) is 6.07 Å². The van der Waals surface area contributed by atoms with E-state index in [0.717, 1.165) is 87.5 Å². The molecule has 0 aromatic heterocycles. The number of anilines is 1. The smallest absolute Gasteiger partial charge is 0.262 e. The molecule has 1 spiro atoms. The molecule has 1 amide bonds. The molecule has 7 atom stereocenters. The van der Waals surface area contributed by atoms with Gasteiger partial charge in [0.15, 0.2) is 6.29 Å². The summed E-state index contributed by atoms with van der Waals surface area (Å²) in [6.07, 6.45) is 8.05. The third-order valence-corrected chi connectivity index (χ3v) is 14.8. The zero-order valence-corrected chi connectivity index (χ0v) is 31.0. The molecule has 5 aliphatic rings. The summed E-state index contributed by atoms with van der Waals surface area (Å²) in [6.45, 7) is 10.6. The Morgan fingerprint density at radius 1 is 1.06 bits per heavy atom. The molecule has 1 unspecified atom stereocenters. The topological polar surface area (TPSA) is 89.1 Å². The van der Waals surface area contributed by atoms with E-state index in [9.17, 15) is 9.00 Å². The van der Waals surface area contributed by atoms with Crippen LogP contribution >= 0.6 is 11.6 Å². The zero-order chi connectivity index (χ0) is 34.3. The number of ether oxygens (including phenoxy) is 3. The van der Waals surface area contributed by atoms with Gasteiger partial charge in [0.25, 0.3) is 5.91 Å². The van der Waals surface area contributed by atoms with Gasteiger partial charge in [-0.2, -0.15) is 0 Å². The van der Waals surface area contributed by atoms with Crippen LogP contribution in [0.25, 0.3) is 0 Å². The predicted octanol–water partition coefficient (Wildman–Crippen LogP) is 6.38. The molecular weight excluding hydrogens is 658 g/mol. The maximum Gasteiger partial charge on any atom is 0.262 e. The molecule has 2 N–H and O–H groups in total. The third-order valence-electron chi connectivity index (χ3n) is 12.4. The molecule has 2 aromatic carbocycles. The van der Waals surface area contributed by atoms with Crippen molar-refractivity contribution in [1.29, 1.82) is 0 Å². The molecule has 3 heterocycles. The maximum absolute atomic E-state index is 13.9. The van der Waals surface area contributed by atoms with Gasteiger partial charge >= 0.3 is 0 Å². The number of amides is 1. The molecular formula is C39H54ClN3O5S. The number of aryl methyl sites for hydroxylation is 1.